The van der Waals surface area contributed by atoms with Crippen LogP contribution in [0.2, 0.25) is 0 Å². The average Bonchev–Trinajstić information content (AvgIpc) is 3.56. The molecule has 1 unspecified atom stereocenters. The monoisotopic (exact) mass is 436 g/mol. The molecule has 0 bridgehead atoms. The van der Waals surface area contributed by atoms with Gasteiger partial charge in [-0.15, -0.1) is 5.10 Å². The Hall–Kier alpha value is -4.02. The fraction of sp³-hybridized carbons (Fsp3) is 0.286. The number of fused-ring (bicyclic) bond motifs is 3. The SMILES string of the molecule is O=C1OCCN1c1ccc(-c2cc3c(cc2F)N2C(=O)OC(Cn4ccnn4)[C@@H]2C3)cn1. The van der Waals surface area contributed by atoms with E-state index in [4.69, 9.17) is 9.47 Å². The number of hydrogen-bond acceptors (Lipinski definition) is 7. The predicted molar refractivity (Wildman–Crippen MR) is 109 cm³/mol. The van der Waals surface area contributed by atoms with Crippen molar-refractivity contribution in [2.75, 3.05) is 23.0 Å². The third-order valence-electron chi connectivity index (χ3n) is 6.00. The zero-order chi connectivity index (χ0) is 21.8. The minimum absolute atomic E-state index is 0.238. The third kappa shape index (κ3) is 2.88. The highest BCUT2D eigenvalue weighted by atomic mass is 19.1. The van der Waals surface area contributed by atoms with E-state index in [1.165, 1.54) is 22.1 Å². The molecule has 2 amide bonds. The van der Waals surface area contributed by atoms with Gasteiger partial charge >= 0.3 is 12.2 Å². The van der Waals surface area contributed by atoms with Crippen molar-refractivity contribution >= 4 is 23.7 Å². The van der Waals surface area contributed by atoms with Gasteiger partial charge in [-0.25, -0.2) is 23.6 Å². The number of ether oxygens (including phenoxy) is 2. The number of carbonyl (C=O) groups excluding carboxylic acids is 2. The molecule has 32 heavy (non-hydrogen) atoms. The van der Waals surface area contributed by atoms with Gasteiger partial charge in [-0.2, -0.15) is 0 Å². The maximum absolute atomic E-state index is 15.1. The number of anilines is 2. The van der Waals surface area contributed by atoms with Crippen LogP contribution in [-0.2, 0) is 22.4 Å². The van der Waals surface area contributed by atoms with Crippen LogP contribution in [0.25, 0.3) is 11.1 Å². The van der Waals surface area contributed by atoms with E-state index in [1.807, 2.05) is 0 Å². The number of carbonyl (C=O) groups is 2. The second-order valence-corrected chi connectivity index (χ2v) is 7.82. The quantitative estimate of drug-likeness (QED) is 0.619. The molecule has 162 valence electrons. The van der Waals surface area contributed by atoms with E-state index < -0.39 is 24.1 Å². The van der Waals surface area contributed by atoms with Crippen LogP contribution in [0, 0.1) is 5.82 Å². The normalized spacial score (nSPS) is 21.5. The van der Waals surface area contributed by atoms with Crippen molar-refractivity contribution in [2.45, 2.75) is 25.1 Å². The molecule has 0 spiro atoms. The van der Waals surface area contributed by atoms with Crippen LogP contribution >= 0.6 is 0 Å². The minimum Gasteiger partial charge on any atom is -0.447 e. The number of benzene rings is 1. The first kappa shape index (κ1) is 18.7. The lowest BCUT2D eigenvalue weighted by molar-refractivity contribution is 0.117. The fourth-order valence-corrected chi connectivity index (χ4v) is 4.49. The molecule has 2 fully saturated rings. The number of halogens is 1. The van der Waals surface area contributed by atoms with E-state index in [2.05, 4.69) is 15.3 Å². The highest BCUT2D eigenvalue weighted by Crippen LogP contribution is 2.42. The second kappa shape index (κ2) is 7.01. The van der Waals surface area contributed by atoms with Crippen LogP contribution in [0.4, 0.5) is 25.5 Å². The van der Waals surface area contributed by atoms with Gasteiger partial charge in [-0.1, -0.05) is 5.21 Å². The first-order valence-electron chi connectivity index (χ1n) is 10.2. The summed E-state index contributed by atoms with van der Waals surface area (Å²) in [4.78, 5) is 31.5. The van der Waals surface area contributed by atoms with Gasteiger partial charge in [0, 0.05) is 23.5 Å². The first-order chi connectivity index (χ1) is 15.6. The largest absolute Gasteiger partial charge is 0.447 e. The molecular weight excluding hydrogens is 419 g/mol. The van der Waals surface area contributed by atoms with Gasteiger partial charge in [-0.05, 0) is 36.2 Å². The van der Waals surface area contributed by atoms with Crippen molar-refractivity contribution in [3.05, 3.63) is 54.2 Å². The Morgan fingerprint density at radius 1 is 1.19 bits per heavy atom. The molecule has 3 aliphatic heterocycles. The number of cyclic esters (lactones) is 2. The summed E-state index contributed by atoms with van der Waals surface area (Å²) in [6.07, 6.45) is 3.99. The third-order valence-corrected chi connectivity index (χ3v) is 6.00. The number of aromatic nitrogens is 4. The summed E-state index contributed by atoms with van der Waals surface area (Å²) in [5.74, 6) is -0.00998. The Labute approximate surface area is 181 Å². The smallest absolute Gasteiger partial charge is 0.415 e. The van der Waals surface area contributed by atoms with Crippen molar-refractivity contribution in [1.29, 1.82) is 0 Å². The van der Waals surface area contributed by atoms with Crippen molar-refractivity contribution < 1.29 is 23.5 Å². The summed E-state index contributed by atoms with van der Waals surface area (Å²) in [7, 11) is 0. The van der Waals surface area contributed by atoms with Gasteiger partial charge < -0.3 is 9.47 Å². The highest BCUT2D eigenvalue weighted by Gasteiger charge is 2.48. The molecule has 6 rings (SSSR count). The number of rotatable bonds is 4. The van der Waals surface area contributed by atoms with Gasteiger partial charge in [0.2, 0.25) is 0 Å². The number of hydrogen-bond donors (Lipinski definition) is 0. The van der Waals surface area contributed by atoms with Crippen molar-refractivity contribution in [3.63, 3.8) is 0 Å². The van der Waals surface area contributed by atoms with Gasteiger partial charge in [0.15, 0.2) is 0 Å². The second-order valence-electron chi connectivity index (χ2n) is 7.82. The molecule has 0 radical (unpaired) electrons. The average molecular weight is 436 g/mol. The Bertz CT molecular complexity index is 1220. The van der Waals surface area contributed by atoms with Gasteiger partial charge in [0.1, 0.15) is 24.3 Å². The summed E-state index contributed by atoms with van der Waals surface area (Å²) in [6, 6.07) is 6.27. The van der Waals surface area contributed by atoms with Crippen molar-refractivity contribution in [2.24, 2.45) is 0 Å². The molecule has 0 aliphatic carbocycles. The summed E-state index contributed by atoms with van der Waals surface area (Å²) in [5.41, 5.74) is 2.34. The van der Waals surface area contributed by atoms with Crippen molar-refractivity contribution in [1.82, 2.24) is 20.0 Å². The standard InChI is InChI=1S/C21H17FN6O4/c22-15-9-16-13(8-17-18(32-21(30)28(16)17)11-26-4-3-24-25-26)7-14(15)12-1-2-19(23-10-12)27-5-6-31-20(27)29/h1-4,7,9-10,17-18H,5-6,8,11H2/t17-,18?/m0/s1. The maximum atomic E-state index is 15.1. The van der Waals surface area contributed by atoms with E-state index >= 15 is 4.39 Å². The van der Waals surface area contributed by atoms with Gasteiger partial charge in [-0.3, -0.25) is 9.80 Å². The van der Waals surface area contributed by atoms with E-state index in [1.54, 1.807) is 35.3 Å². The van der Waals surface area contributed by atoms with Crippen LogP contribution in [0.3, 0.4) is 0 Å². The lowest BCUT2D eigenvalue weighted by Gasteiger charge is -2.16. The fourth-order valence-electron chi connectivity index (χ4n) is 4.49. The van der Waals surface area contributed by atoms with E-state index in [0.717, 1.165) is 5.56 Å². The Morgan fingerprint density at radius 2 is 2.09 bits per heavy atom. The molecule has 2 saturated heterocycles. The van der Waals surface area contributed by atoms with Crippen LogP contribution in [0.1, 0.15) is 5.56 Å². The first-order valence-corrected chi connectivity index (χ1v) is 10.2. The maximum Gasteiger partial charge on any atom is 0.415 e. The zero-order valence-electron chi connectivity index (χ0n) is 16.7. The number of amides is 2. The molecule has 0 N–H and O–H groups in total. The van der Waals surface area contributed by atoms with E-state index in [0.29, 0.717) is 48.7 Å². The molecule has 11 heteroatoms. The summed E-state index contributed by atoms with van der Waals surface area (Å²) in [5, 5.41) is 7.71. The number of pyridine rings is 1. The lowest BCUT2D eigenvalue weighted by Crippen LogP contribution is -2.35. The Kier molecular flexibility index (Phi) is 4.10. The van der Waals surface area contributed by atoms with Crippen LogP contribution in [0.15, 0.2) is 42.9 Å². The Balaban J connectivity index is 1.28. The molecule has 1 aromatic carbocycles. The lowest BCUT2D eigenvalue weighted by atomic mass is 10.00. The summed E-state index contributed by atoms with van der Waals surface area (Å²) >= 11 is 0. The zero-order valence-corrected chi connectivity index (χ0v) is 16.7. The molecule has 10 nitrogen and oxygen atoms in total. The van der Waals surface area contributed by atoms with Crippen LogP contribution < -0.4 is 9.80 Å². The van der Waals surface area contributed by atoms with E-state index in [-0.39, 0.29) is 6.04 Å². The predicted octanol–water partition coefficient (Wildman–Crippen LogP) is 2.39. The van der Waals surface area contributed by atoms with Crippen LogP contribution in [-0.4, -0.2) is 57.5 Å². The molecule has 0 saturated carbocycles. The molecule has 3 aliphatic rings. The van der Waals surface area contributed by atoms with Crippen molar-refractivity contribution in [3.8, 4) is 11.1 Å². The summed E-state index contributed by atoms with van der Waals surface area (Å²) in [6.45, 7) is 1.13. The molecular formula is C21H17FN6O4. The van der Waals surface area contributed by atoms with Crippen LogP contribution in [0.5, 0.6) is 0 Å². The summed E-state index contributed by atoms with van der Waals surface area (Å²) < 4.78 is 27.1. The van der Waals surface area contributed by atoms with E-state index in [9.17, 15) is 9.59 Å². The molecule has 2 atom stereocenters. The van der Waals surface area contributed by atoms with Gasteiger partial charge in [0.25, 0.3) is 0 Å². The topological polar surface area (TPSA) is 103 Å². The molecule has 5 heterocycles. The van der Waals surface area contributed by atoms with Gasteiger partial charge in [0.05, 0.1) is 31.0 Å². The molecule has 3 aromatic rings. The number of nitrogens with zero attached hydrogens (tertiary/aromatic N) is 6. The molecule has 2 aromatic heterocycles. The highest BCUT2D eigenvalue weighted by molar-refractivity contribution is 5.94. The Morgan fingerprint density at radius 3 is 2.81 bits per heavy atom. The minimum atomic E-state index is -0.491.